The monoisotopic (exact) mass is 976 g/mol. The number of hydrogen-bond donors (Lipinski definition) is 4. The molecule has 304 valence electrons. The van der Waals surface area contributed by atoms with Gasteiger partial charge in [-0.15, -0.1) is 0 Å². The minimum atomic E-state index is -4.79. The summed E-state index contributed by atoms with van der Waals surface area (Å²) in [6, 6.07) is 14.1. The number of rotatable bonds is 7. The van der Waals surface area contributed by atoms with Gasteiger partial charge in [0.15, 0.2) is 17.3 Å². The SMILES string of the molecule is COc1cc(C2C3=CCC4C(=O)N(c5cccc(B(O)O)c5)C(=O)C4C3CC3C(=O)N(Nc4ncc(C(F)(F)F)cc4Cl)C(=O)C32c2ccc(Cl)cc2)c(Br)c(Br)c1O. The summed E-state index contributed by atoms with van der Waals surface area (Å²) >= 11 is 19.7. The van der Waals surface area contributed by atoms with E-state index < -0.39 is 88.3 Å². The summed E-state index contributed by atoms with van der Waals surface area (Å²) in [6.45, 7) is 0. The van der Waals surface area contributed by atoms with Crippen molar-refractivity contribution in [2.24, 2.45) is 23.7 Å². The van der Waals surface area contributed by atoms with E-state index in [1.807, 2.05) is 0 Å². The highest BCUT2D eigenvalue weighted by Gasteiger charge is 2.71. The van der Waals surface area contributed by atoms with Crippen LogP contribution >= 0.6 is 55.1 Å². The van der Waals surface area contributed by atoms with Gasteiger partial charge in [0, 0.05) is 21.6 Å². The molecule has 2 saturated heterocycles. The van der Waals surface area contributed by atoms with Gasteiger partial charge in [-0.3, -0.25) is 29.5 Å². The summed E-state index contributed by atoms with van der Waals surface area (Å²) in [5, 5.41) is 31.2. The van der Waals surface area contributed by atoms with Crippen molar-refractivity contribution in [2.45, 2.75) is 30.4 Å². The zero-order valence-electron chi connectivity index (χ0n) is 30.2. The molecule has 0 bridgehead atoms. The van der Waals surface area contributed by atoms with E-state index in [1.165, 1.54) is 49.6 Å². The number of pyridine rings is 1. The Morgan fingerprint density at radius 2 is 1.68 bits per heavy atom. The lowest BCUT2D eigenvalue weighted by molar-refractivity contribution is -0.139. The number of phenolic OH excluding ortho intramolecular Hbond substituents is 1. The Morgan fingerprint density at radius 3 is 2.32 bits per heavy atom. The second-order valence-corrected chi connectivity index (χ2v) is 17.0. The van der Waals surface area contributed by atoms with Crippen LogP contribution in [0.25, 0.3) is 0 Å². The van der Waals surface area contributed by atoms with Crippen molar-refractivity contribution in [3.63, 3.8) is 0 Å². The van der Waals surface area contributed by atoms with Crippen LogP contribution in [0.15, 0.2) is 87.5 Å². The molecule has 0 spiro atoms. The molecule has 4 amide bonds. The summed E-state index contributed by atoms with van der Waals surface area (Å²) in [5.41, 5.74) is 0.893. The molecule has 12 nitrogen and oxygen atoms in total. The molecule has 6 unspecified atom stereocenters. The number of hydrogen-bond acceptors (Lipinski definition) is 10. The number of alkyl halides is 3. The average molecular weight is 979 g/mol. The second kappa shape index (κ2) is 14.9. The predicted octanol–water partition coefficient (Wildman–Crippen LogP) is 6.52. The van der Waals surface area contributed by atoms with Gasteiger partial charge in [0.25, 0.3) is 11.8 Å². The highest BCUT2D eigenvalue weighted by molar-refractivity contribution is 9.13. The first-order valence-electron chi connectivity index (χ1n) is 17.8. The van der Waals surface area contributed by atoms with Crippen molar-refractivity contribution in [1.29, 1.82) is 0 Å². The van der Waals surface area contributed by atoms with Crippen molar-refractivity contribution in [3.05, 3.63) is 114 Å². The number of phenols is 1. The number of ether oxygens (including phenoxy) is 1. The first-order valence-corrected chi connectivity index (χ1v) is 20.2. The Balaban J connectivity index is 1.34. The molecule has 20 heteroatoms. The van der Waals surface area contributed by atoms with Gasteiger partial charge in [0.2, 0.25) is 11.8 Å². The molecule has 2 aliphatic carbocycles. The number of amides is 4. The molecule has 4 N–H and O–H groups in total. The maximum Gasteiger partial charge on any atom is 0.488 e. The van der Waals surface area contributed by atoms with Crippen LogP contribution in [0, 0.1) is 23.7 Å². The van der Waals surface area contributed by atoms with Crippen LogP contribution in [0.5, 0.6) is 11.5 Å². The highest BCUT2D eigenvalue weighted by atomic mass is 79.9. The molecule has 3 fully saturated rings. The number of anilines is 2. The third-order valence-corrected chi connectivity index (χ3v) is 14.4. The van der Waals surface area contributed by atoms with Gasteiger partial charge < -0.3 is 19.9 Å². The number of aromatic hydroxyl groups is 1. The summed E-state index contributed by atoms with van der Waals surface area (Å²) in [5.74, 6) is -8.77. The average Bonchev–Trinajstić information content (AvgIpc) is 3.58. The van der Waals surface area contributed by atoms with Gasteiger partial charge in [-0.1, -0.05) is 59.1 Å². The van der Waals surface area contributed by atoms with Crippen LogP contribution < -0.4 is 20.5 Å². The maximum absolute atomic E-state index is 15.5. The Bertz CT molecular complexity index is 2510. The van der Waals surface area contributed by atoms with Gasteiger partial charge in [-0.05, 0) is 104 Å². The minimum absolute atomic E-state index is 0.00831. The quantitative estimate of drug-likeness (QED) is 0.0910. The molecule has 1 aromatic heterocycles. The van der Waals surface area contributed by atoms with E-state index >= 15 is 4.79 Å². The number of halogens is 7. The molecule has 0 radical (unpaired) electrons. The van der Waals surface area contributed by atoms with E-state index in [1.54, 1.807) is 18.2 Å². The van der Waals surface area contributed by atoms with E-state index in [0.29, 0.717) is 39.0 Å². The number of carbonyl (C=O) groups is 4. The minimum Gasteiger partial charge on any atom is -0.503 e. The van der Waals surface area contributed by atoms with Crippen molar-refractivity contribution in [3.8, 4) is 11.5 Å². The van der Waals surface area contributed by atoms with E-state index in [4.69, 9.17) is 27.9 Å². The van der Waals surface area contributed by atoms with Crippen LogP contribution in [0.3, 0.4) is 0 Å². The Morgan fingerprint density at radius 1 is 0.966 bits per heavy atom. The number of nitrogens with zero attached hydrogens (tertiary/aromatic N) is 3. The smallest absolute Gasteiger partial charge is 0.488 e. The standard InChI is InChI=1S/C39H28BBr2Cl2F3N4O8/c1-59-27-14-24(30(41)31(42)32(27)52)29-21-9-10-22-28(36(55)50(34(22)53)20-4-2-3-18(12-20)40(57)58)23(21)13-25-35(54)51(37(56)38(25,29)16-5-7-19(43)8-6-16)49-33-26(44)11-17(15-48-33)39(45,46)47/h2-9,11-12,14-15,22-23,25,28-29,52,57-58H,10,13H2,1H3,(H,48,49). The fourth-order valence-corrected chi connectivity index (χ4v) is 10.5. The fraction of sp³-hybridized carbons (Fsp3) is 0.256. The number of nitrogens with one attached hydrogen (secondary N) is 1. The van der Waals surface area contributed by atoms with E-state index in [0.717, 1.165) is 4.90 Å². The van der Waals surface area contributed by atoms with Crippen molar-refractivity contribution >= 4 is 103 Å². The largest absolute Gasteiger partial charge is 0.503 e. The maximum atomic E-state index is 15.5. The van der Waals surface area contributed by atoms with E-state index in [2.05, 4.69) is 42.3 Å². The number of allylic oxidation sites excluding steroid dienone is 2. The van der Waals surface area contributed by atoms with E-state index in [9.17, 15) is 42.7 Å². The third-order valence-electron chi connectivity index (χ3n) is 11.7. The first kappa shape index (κ1) is 41.3. The molecule has 3 aromatic carbocycles. The molecule has 8 rings (SSSR count). The molecule has 1 saturated carbocycles. The van der Waals surface area contributed by atoms with Gasteiger partial charge >= 0.3 is 13.3 Å². The third kappa shape index (κ3) is 6.36. The van der Waals surface area contributed by atoms with Crippen LogP contribution in [0.1, 0.15) is 35.4 Å². The number of hydrazine groups is 1. The molecule has 59 heavy (non-hydrogen) atoms. The lowest BCUT2D eigenvalue weighted by Gasteiger charge is -2.51. The number of benzene rings is 3. The number of fused-ring (bicyclic) bond motifs is 4. The summed E-state index contributed by atoms with van der Waals surface area (Å²) < 4.78 is 46.6. The molecule has 3 heterocycles. The molecule has 4 aliphatic rings. The van der Waals surface area contributed by atoms with Crippen molar-refractivity contribution in [2.75, 3.05) is 17.4 Å². The highest BCUT2D eigenvalue weighted by Crippen LogP contribution is 2.66. The summed E-state index contributed by atoms with van der Waals surface area (Å²) in [7, 11) is -0.558. The van der Waals surface area contributed by atoms with Crippen molar-refractivity contribution < 1.29 is 52.2 Å². The molecule has 2 aliphatic heterocycles. The second-order valence-electron chi connectivity index (χ2n) is 14.5. The fourth-order valence-electron chi connectivity index (χ4n) is 9.18. The number of imide groups is 2. The van der Waals surface area contributed by atoms with Gasteiger partial charge in [-0.25, -0.2) is 4.98 Å². The zero-order chi connectivity index (χ0) is 42.5. The number of methoxy groups -OCH3 is 1. The van der Waals surface area contributed by atoms with E-state index in [-0.39, 0.29) is 44.4 Å². The first-order chi connectivity index (χ1) is 27.9. The molecular formula is C39H28BBr2Cl2F3N4O8. The van der Waals surface area contributed by atoms with Crippen LogP contribution in [0.4, 0.5) is 24.7 Å². The summed E-state index contributed by atoms with van der Waals surface area (Å²) in [4.78, 5) is 64.1. The lowest BCUT2D eigenvalue weighted by Crippen LogP contribution is -2.53. The van der Waals surface area contributed by atoms with Crippen LogP contribution in [-0.2, 0) is 30.8 Å². The Hall–Kier alpha value is -4.46. The topological polar surface area (TPSA) is 170 Å². The molecule has 4 aromatic rings. The summed E-state index contributed by atoms with van der Waals surface area (Å²) in [6.07, 6.45) is -2.61. The Kier molecular flexibility index (Phi) is 10.4. The van der Waals surface area contributed by atoms with Crippen LogP contribution in [-0.4, -0.2) is 63.0 Å². The Labute approximate surface area is 360 Å². The van der Waals surface area contributed by atoms with Crippen molar-refractivity contribution in [1.82, 2.24) is 9.99 Å². The number of aromatic nitrogens is 1. The molecule has 6 atom stereocenters. The normalized spacial score (nSPS) is 25.1. The van der Waals surface area contributed by atoms with Gasteiger partial charge in [0.05, 0.1) is 51.0 Å². The van der Waals surface area contributed by atoms with Gasteiger partial charge in [0.1, 0.15) is 0 Å². The number of carbonyl (C=O) groups excluding carboxylic acids is 4. The predicted molar refractivity (Wildman–Crippen MR) is 216 cm³/mol. The zero-order valence-corrected chi connectivity index (χ0v) is 34.9. The van der Waals surface area contributed by atoms with Crippen LogP contribution in [0.2, 0.25) is 10.0 Å². The molecular weight excluding hydrogens is 951 g/mol. The van der Waals surface area contributed by atoms with Gasteiger partial charge in [-0.2, -0.15) is 18.2 Å². The lowest BCUT2D eigenvalue weighted by atomic mass is 9.49.